The van der Waals surface area contributed by atoms with E-state index in [0.717, 1.165) is 10.9 Å². The minimum atomic E-state index is -5.10. The molecule has 3 aromatic heterocycles. The van der Waals surface area contributed by atoms with Gasteiger partial charge in [0.25, 0.3) is 5.56 Å². The van der Waals surface area contributed by atoms with Crippen LogP contribution in [0.4, 0.5) is 5.95 Å². The van der Waals surface area contributed by atoms with E-state index in [0.29, 0.717) is 11.0 Å². The summed E-state index contributed by atoms with van der Waals surface area (Å²) in [5, 5.41) is 22.5. The predicted molar refractivity (Wildman–Crippen MR) is 153 cm³/mol. The van der Waals surface area contributed by atoms with E-state index in [1.807, 2.05) is 0 Å². The molecule has 46 heavy (non-hydrogen) atoms. The van der Waals surface area contributed by atoms with Crippen molar-refractivity contribution in [3.05, 3.63) is 45.2 Å². The highest BCUT2D eigenvalue weighted by atomic mass is 35.5. The number of ether oxygens (including phenoxy) is 2. The topological polar surface area (TPSA) is 278 Å². The molecule has 0 amide bonds. The zero-order valence-corrected chi connectivity index (χ0v) is 26.1. The zero-order valence-electron chi connectivity index (χ0n) is 22.8. The Kier molecular flexibility index (Phi) is 8.06. The number of nitrogens with one attached hydrogen (secondary N) is 1. The summed E-state index contributed by atoms with van der Waals surface area (Å²) < 4.78 is 61.5. The quantitative estimate of drug-likeness (QED) is 0.154. The highest BCUT2D eigenvalue weighted by molar-refractivity contribution is 7.47. The summed E-state index contributed by atoms with van der Waals surface area (Å²) in [6, 6.07) is 2.92. The third-order valence-electron chi connectivity index (χ3n) is 7.56. The number of aromatic nitrogens is 6. The van der Waals surface area contributed by atoms with E-state index in [1.165, 1.54) is 23.0 Å². The van der Waals surface area contributed by atoms with Crippen LogP contribution in [0.15, 0.2) is 29.6 Å². The maximum atomic E-state index is 13.2. The summed E-state index contributed by atoms with van der Waals surface area (Å²) in [5.74, 6) is -0.287. The molecule has 0 spiro atoms. The Balaban J connectivity index is 1.22. The van der Waals surface area contributed by atoms with Gasteiger partial charge in [0.1, 0.15) is 36.6 Å². The zero-order chi connectivity index (χ0) is 32.7. The van der Waals surface area contributed by atoms with E-state index >= 15 is 0 Å². The van der Waals surface area contributed by atoms with Crippen molar-refractivity contribution in [3.8, 4) is 0 Å². The summed E-state index contributed by atoms with van der Waals surface area (Å²) in [4.78, 5) is 48.1. The lowest BCUT2D eigenvalue weighted by molar-refractivity contribution is -0.0674. The molecular formula is C22H23Cl2N7O13P2. The Morgan fingerprint density at radius 3 is 2.04 bits per heavy atom. The highest BCUT2D eigenvalue weighted by Gasteiger charge is 2.53. The van der Waals surface area contributed by atoms with Gasteiger partial charge in [-0.05, 0) is 12.1 Å². The molecule has 0 saturated carbocycles. The summed E-state index contributed by atoms with van der Waals surface area (Å²) in [6.07, 6.45) is -10.3. The first-order valence-corrected chi connectivity index (χ1v) is 17.0. The molecule has 24 heteroatoms. The van der Waals surface area contributed by atoms with Crippen LogP contribution in [0.1, 0.15) is 12.5 Å². The van der Waals surface area contributed by atoms with Crippen LogP contribution in [0.2, 0.25) is 10.0 Å². The van der Waals surface area contributed by atoms with Crippen LogP contribution >= 0.6 is 38.8 Å². The van der Waals surface area contributed by atoms with Crippen molar-refractivity contribution < 1.29 is 56.7 Å². The molecule has 248 valence electrons. The van der Waals surface area contributed by atoms with Gasteiger partial charge in [0.05, 0.1) is 46.9 Å². The number of nitrogens with zero attached hydrogens (tertiary/aromatic N) is 5. The Bertz CT molecular complexity index is 1990. The van der Waals surface area contributed by atoms with Gasteiger partial charge in [0.2, 0.25) is 5.95 Å². The summed E-state index contributed by atoms with van der Waals surface area (Å²) in [6.45, 7) is -1.63. The smallest absolute Gasteiger partial charge is 0.387 e. The number of H-pyrrole nitrogens is 1. The monoisotopic (exact) mass is 725 g/mol. The van der Waals surface area contributed by atoms with Gasteiger partial charge in [-0.1, -0.05) is 23.2 Å². The maximum absolute atomic E-state index is 13.2. The van der Waals surface area contributed by atoms with Gasteiger partial charge < -0.3 is 39.8 Å². The fourth-order valence-corrected chi connectivity index (χ4v) is 7.63. The number of imidazole rings is 2. The number of phosphoric ester groups is 2. The van der Waals surface area contributed by atoms with E-state index in [-0.39, 0.29) is 27.2 Å². The number of halogens is 2. The first kappa shape index (κ1) is 32.0. The fourth-order valence-electron chi connectivity index (χ4n) is 5.45. The van der Waals surface area contributed by atoms with E-state index in [1.54, 1.807) is 0 Å². The third-order valence-corrected chi connectivity index (χ3v) is 10.2. The van der Waals surface area contributed by atoms with Crippen LogP contribution in [0.3, 0.4) is 0 Å². The van der Waals surface area contributed by atoms with Crippen LogP contribution in [-0.4, -0.2) is 98.9 Å². The number of nitrogen functional groups attached to an aromatic ring is 1. The lowest BCUT2D eigenvalue weighted by Gasteiger charge is -2.26. The number of benzene rings is 1. The molecule has 20 nitrogen and oxygen atoms in total. The second-order valence-corrected chi connectivity index (χ2v) is 14.1. The van der Waals surface area contributed by atoms with Crippen molar-refractivity contribution >= 4 is 67.0 Å². The number of aromatic amines is 1. The van der Waals surface area contributed by atoms with Gasteiger partial charge in [-0.2, -0.15) is 4.98 Å². The number of aliphatic hydroxyl groups is 2. The number of hydrogen-bond acceptors (Lipinski definition) is 15. The summed E-state index contributed by atoms with van der Waals surface area (Å²) in [5.41, 5.74) is 5.35. The number of fused-ring (bicyclic) bond motifs is 6. The van der Waals surface area contributed by atoms with E-state index in [2.05, 4.69) is 19.9 Å². The van der Waals surface area contributed by atoms with Crippen molar-refractivity contribution in [2.45, 2.75) is 49.1 Å². The number of nitrogens with two attached hydrogens (primary N) is 1. The molecule has 0 radical (unpaired) electrons. The number of rotatable bonds is 2. The van der Waals surface area contributed by atoms with Gasteiger partial charge in [-0.15, -0.1) is 0 Å². The van der Waals surface area contributed by atoms with E-state index < -0.39 is 83.5 Å². The Morgan fingerprint density at radius 1 is 0.891 bits per heavy atom. The molecule has 10 atom stereocenters. The highest BCUT2D eigenvalue weighted by Crippen LogP contribution is 2.53. The number of anilines is 1. The fraction of sp³-hybridized carbons (Fsp3) is 0.455. The molecule has 3 saturated heterocycles. The summed E-state index contributed by atoms with van der Waals surface area (Å²) >= 11 is 12.3. The molecule has 3 fully saturated rings. The second kappa shape index (κ2) is 11.6. The first-order chi connectivity index (χ1) is 21.7. The largest absolute Gasteiger partial charge is 0.472 e. The lowest BCUT2D eigenvalue weighted by atomic mass is 10.1. The lowest BCUT2D eigenvalue weighted by Crippen LogP contribution is -2.38. The number of aliphatic hydroxyl groups excluding tert-OH is 2. The van der Waals surface area contributed by atoms with E-state index in [9.17, 15) is 33.9 Å². The molecule has 4 bridgehead atoms. The third kappa shape index (κ3) is 5.67. The number of phosphoric acid groups is 2. The van der Waals surface area contributed by atoms with Gasteiger partial charge >= 0.3 is 15.6 Å². The average Bonchev–Trinajstić information content (AvgIpc) is 3.72. The Morgan fingerprint density at radius 2 is 1.43 bits per heavy atom. The molecule has 4 aromatic rings. The maximum Gasteiger partial charge on any atom is 0.472 e. The van der Waals surface area contributed by atoms with Gasteiger partial charge in [-0.3, -0.25) is 32.4 Å². The molecule has 1 aromatic carbocycles. The minimum absolute atomic E-state index is 0.133. The molecule has 3 aliphatic heterocycles. The van der Waals surface area contributed by atoms with Gasteiger partial charge in [-0.25, -0.2) is 19.1 Å². The second-order valence-electron chi connectivity index (χ2n) is 10.5. The molecule has 0 aliphatic carbocycles. The van der Waals surface area contributed by atoms with Crippen LogP contribution in [0.25, 0.3) is 22.2 Å². The molecule has 6 unspecified atom stereocenters. The van der Waals surface area contributed by atoms with Crippen molar-refractivity contribution in [1.82, 2.24) is 29.1 Å². The SMILES string of the molecule is Nc1nc2c(ncn2[C@@H]2O[C@@H]3COP(=O)(O)OC4C(O)[C@@H](COP(=O)(O)OC2C3O)O[C@H]4n2cnc3cc(Cl)c(Cl)cc32)c(=O)[nH]1. The molecular weight excluding hydrogens is 703 g/mol. The van der Waals surface area contributed by atoms with Crippen LogP contribution in [0.5, 0.6) is 0 Å². The average molecular weight is 726 g/mol. The van der Waals surface area contributed by atoms with Crippen LogP contribution in [0, 0.1) is 0 Å². The minimum Gasteiger partial charge on any atom is -0.387 e. The standard InChI is InChI=1S/C22H23Cl2N7O13P2/c23-7-1-9-10(2-8(7)24)30(5-26-9)20-16-14(32)11(41-20)3-39-46(37,38)44-17-15(33)12(4-40-45(35,36)43-16)42-21(17)31-6-27-13-18(31)28-22(25)29-19(13)34/h1-2,5-6,11-12,14-17,20-21,32-33H,3-4H2,(H,35,36)(H,37,38)(H3,25,28,29,34)/t11-,12-,14?,15?,16?,17?,20-,21-/m1/s1. The first-order valence-electron chi connectivity index (χ1n) is 13.2. The van der Waals surface area contributed by atoms with Gasteiger partial charge in [0.15, 0.2) is 23.6 Å². The van der Waals surface area contributed by atoms with Crippen LogP contribution < -0.4 is 11.3 Å². The normalized spacial score (nSPS) is 37.2. The van der Waals surface area contributed by atoms with Gasteiger partial charge in [0, 0.05) is 0 Å². The molecule has 7 rings (SSSR count). The van der Waals surface area contributed by atoms with Crippen molar-refractivity contribution in [2.75, 3.05) is 18.9 Å². The van der Waals surface area contributed by atoms with Crippen LogP contribution in [-0.2, 0) is 36.7 Å². The number of hydrogen-bond donors (Lipinski definition) is 6. The molecule has 6 heterocycles. The predicted octanol–water partition coefficient (Wildman–Crippen LogP) is 0.593. The van der Waals surface area contributed by atoms with Crippen molar-refractivity contribution in [2.24, 2.45) is 0 Å². The van der Waals surface area contributed by atoms with Crippen molar-refractivity contribution in [3.63, 3.8) is 0 Å². The summed E-state index contributed by atoms with van der Waals surface area (Å²) in [7, 11) is -10.2. The Labute approximate surface area is 265 Å². The van der Waals surface area contributed by atoms with E-state index in [4.69, 9.17) is 56.5 Å². The molecule has 7 N–H and O–H groups in total. The molecule has 3 aliphatic rings. The Hall–Kier alpha value is -2.52. The van der Waals surface area contributed by atoms with Crippen molar-refractivity contribution in [1.29, 1.82) is 0 Å².